The molecule has 0 heterocycles. The van der Waals surface area contributed by atoms with Crippen LogP contribution in [0.15, 0.2) is 23.8 Å². The summed E-state index contributed by atoms with van der Waals surface area (Å²) in [5, 5.41) is 0.681. The van der Waals surface area contributed by atoms with Gasteiger partial charge in [-0.15, -0.1) is 0 Å². The van der Waals surface area contributed by atoms with Crippen molar-refractivity contribution >= 4 is 41.0 Å². The van der Waals surface area contributed by atoms with Crippen LogP contribution in [0, 0.1) is 0 Å². The van der Waals surface area contributed by atoms with Gasteiger partial charge in [0, 0.05) is 0 Å². The maximum Gasteiger partial charge on any atom is 0.342 e. The van der Waals surface area contributed by atoms with Gasteiger partial charge in [0.1, 0.15) is 11.7 Å². The zero-order valence-electron chi connectivity index (χ0n) is 11.0. The van der Waals surface area contributed by atoms with Crippen LogP contribution in [0.2, 0.25) is 10.0 Å². The van der Waals surface area contributed by atoms with Gasteiger partial charge in [-0.2, -0.15) is 0 Å². The topological polar surface area (TPSA) is 43.4 Å². The Labute approximate surface area is 127 Å². The van der Waals surface area contributed by atoms with Crippen LogP contribution < -0.4 is 0 Å². The quantitative estimate of drug-likeness (QED) is 0.364. The number of carbonyl (C=O) groups is 2. The van der Waals surface area contributed by atoms with E-state index in [0.717, 1.165) is 19.3 Å². The average molecular weight is 313 g/mol. The molecule has 3 nitrogen and oxygen atoms in total. The second-order valence-corrected chi connectivity index (χ2v) is 5.50. The normalized spacial score (nSPS) is 15.7. The highest BCUT2D eigenvalue weighted by Crippen LogP contribution is 2.28. The third-order valence-electron chi connectivity index (χ3n) is 3.21. The van der Waals surface area contributed by atoms with Crippen LogP contribution in [-0.2, 0) is 14.3 Å². The molecule has 0 N–H and O–H groups in total. The summed E-state index contributed by atoms with van der Waals surface area (Å²) in [4.78, 5) is 23.6. The number of ether oxygens (including phenoxy) is 1. The van der Waals surface area contributed by atoms with Crippen LogP contribution >= 0.6 is 23.2 Å². The van der Waals surface area contributed by atoms with Crippen molar-refractivity contribution < 1.29 is 14.3 Å². The number of rotatable bonds is 4. The van der Waals surface area contributed by atoms with E-state index in [4.69, 9.17) is 27.9 Å². The number of ketones is 1. The van der Waals surface area contributed by atoms with Crippen LogP contribution in [0.4, 0.5) is 0 Å². The van der Waals surface area contributed by atoms with Crippen molar-refractivity contribution in [2.45, 2.75) is 32.3 Å². The van der Waals surface area contributed by atoms with Gasteiger partial charge in [0.15, 0.2) is 5.78 Å². The first-order chi connectivity index (χ1) is 9.49. The van der Waals surface area contributed by atoms with Crippen molar-refractivity contribution in [2.24, 2.45) is 0 Å². The van der Waals surface area contributed by atoms with E-state index in [1.165, 1.54) is 13.0 Å². The molecular formula is C15H14Cl2O3. The van der Waals surface area contributed by atoms with Crippen molar-refractivity contribution in [2.75, 3.05) is 0 Å². The summed E-state index contributed by atoms with van der Waals surface area (Å²) in [7, 11) is 0. The average Bonchev–Trinajstić information content (AvgIpc) is 2.35. The number of benzene rings is 1. The Morgan fingerprint density at radius 3 is 2.55 bits per heavy atom. The third kappa shape index (κ3) is 3.41. The van der Waals surface area contributed by atoms with Crippen molar-refractivity contribution in [3.05, 3.63) is 39.4 Å². The van der Waals surface area contributed by atoms with Gasteiger partial charge < -0.3 is 4.74 Å². The molecule has 1 aromatic carbocycles. The molecule has 0 bridgehead atoms. The first-order valence-electron chi connectivity index (χ1n) is 6.36. The summed E-state index contributed by atoms with van der Waals surface area (Å²) in [6.07, 6.45) is 4.12. The lowest BCUT2D eigenvalue weighted by molar-refractivity contribution is -0.148. The first-order valence-corrected chi connectivity index (χ1v) is 7.12. The van der Waals surface area contributed by atoms with Gasteiger partial charge in [0.05, 0.1) is 10.0 Å². The number of carbonyl (C=O) groups excluding carboxylic acids is 2. The monoisotopic (exact) mass is 312 g/mol. The molecule has 5 heteroatoms. The molecular weight excluding hydrogens is 299 g/mol. The molecule has 2 rings (SSSR count). The minimum atomic E-state index is -0.599. The zero-order chi connectivity index (χ0) is 14.7. The predicted molar refractivity (Wildman–Crippen MR) is 78.9 cm³/mol. The van der Waals surface area contributed by atoms with Crippen molar-refractivity contribution in [3.63, 3.8) is 0 Å². The summed E-state index contributed by atoms with van der Waals surface area (Å²) in [6, 6.07) is 5.03. The third-order valence-corrected chi connectivity index (χ3v) is 4.04. The maximum absolute atomic E-state index is 12.0. The Bertz CT molecular complexity index is 574. The molecule has 0 aliphatic heterocycles. The number of hydrogen-bond acceptors (Lipinski definition) is 3. The highest BCUT2D eigenvalue weighted by atomic mass is 35.5. The maximum atomic E-state index is 12.0. The van der Waals surface area contributed by atoms with Gasteiger partial charge in [0.2, 0.25) is 0 Å². The Hall–Kier alpha value is -1.32. The van der Waals surface area contributed by atoms with Crippen LogP contribution in [0.1, 0.15) is 31.7 Å². The molecule has 20 heavy (non-hydrogen) atoms. The number of halogens is 2. The molecule has 1 aliphatic carbocycles. The molecule has 0 radical (unpaired) electrons. The van der Waals surface area contributed by atoms with Gasteiger partial charge in [0.25, 0.3) is 0 Å². The van der Waals surface area contributed by atoms with Gasteiger partial charge in [-0.3, -0.25) is 4.79 Å². The van der Waals surface area contributed by atoms with Crippen molar-refractivity contribution in [3.8, 4) is 0 Å². The summed E-state index contributed by atoms with van der Waals surface area (Å²) in [5.41, 5.74) is 0.510. The van der Waals surface area contributed by atoms with Crippen LogP contribution in [-0.4, -0.2) is 17.9 Å². The predicted octanol–water partition coefficient (Wildman–Crippen LogP) is 4.06. The van der Waals surface area contributed by atoms with E-state index in [0.29, 0.717) is 15.6 Å². The zero-order valence-corrected chi connectivity index (χ0v) is 12.5. The highest BCUT2D eigenvalue weighted by molar-refractivity contribution is 6.43. The lowest BCUT2D eigenvalue weighted by Gasteiger charge is -2.25. The molecule has 1 aliphatic rings. The van der Waals surface area contributed by atoms with E-state index in [9.17, 15) is 9.59 Å². The number of Topliss-reactive ketones (excluding diaryl/α,β-unsaturated/α-hetero) is 1. The summed E-state index contributed by atoms with van der Waals surface area (Å²) in [6.45, 7) is 1.33. The SMILES string of the molecule is CC(=O)/C(=C/c1cccc(Cl)c1Cl)C(=O)OC1CCC1. The van der Waals surface area contributed by atoms with E-state index in [-0.39, 0.29) is 17.5 Å². The fourth-order valence-electron chi connectivity index (χ4n) is 1.80. The summed E-state index contributed by atoms with van der Waals surface area (Å²) in [5.74, 6) is -0.955. The van der Waals surface area contributed by atoms with Gasteiger partial charge in [-0.25, -0.2) is 4.79 Å². The number of hydrogen-bond donors (Lipinski definition) is 0. The largest absolute Gasteiger partial charge is 0.459 e. The first kappa shape index (κ1) is 15.1. The lowest BCUT2D eigenvalue weighted by Crippen LogP contribution is -2.27. The Morgan fingerprint density at radius 2 is 2.00 bits per heavy atom. The van der Waals surface area contributed by atoms with Gasteiger partial charge in [-0.1, -0.05) is 35.3 Å². The minimum Gasteiger partial charge on any atom is -0.459 e. The Morgan fingerprint density at radius 1 is 1.30 bits per heavy atom. The lowest BCUT2D eigenvalue weighted by atomic mass is 9.96. The number of esters is 1. The van der Waals surface area contributed by atoms with Crippen LogP contribution in [0.25, 0.3) is 6.08 Å². The standard InChI is InChI=1S/C15H14Cl2O3/c1-9(18)12(15(19)20-11-5-3-6-11)8-10-4-2-7-13(16)14(10)17/h2,4,7-8,11H,3,5-6H2,1H3/b12-8-. The Kier molecular flexibility index (Phi) is 4.84. The highest BCUT2D eigenvalue weighted by Gasteiger charge is 2.25. The fourth-order valence-corrected chi connectivity index (χ4v) is 2.16. The molecule has 0 unspecified atom stereocenters. The minimum absolute atomic E-state index is 0.0129. The van der Waals surface area contributed by atoms with E-state index in [1.54, 1.807) is 18.2 Å². The van der Waals surface area contributed by atoms with Crippen molar-refractivity contribution in [1.82, 2.24) is 0 Å². The fraction of sp³-hybridized carbons (Fsp3) is 0.333. The van der Waals surface area contributed by atoms with E-state index in [1.807, 2.05) is 0 Å². The van der Waals surface area contributed by atoms with Crippen molar-refractivity contribution in [1.29, 1.82) is 0 Å². The molecule has 106 valence electrons. The molecule has 0 saturated heterocycles. The molecule has 1 aromatic rings. The van der Waals surface area contributed by atoms with Gasteiger partial charge >= 0.3 is 5.97 Å². The summed E-state index contributed by atoms with van der Waals surface area (Å²) >= 11 is 12.0. The molecule has 1 saturated carbocycles. The second-order valence-electron chi connectivity index (χ2n) is 4.72. The van der Waals surface area contributed by atoms with Crippen LogP contribution in [0.3, 0.4) is 0 Å². The Balaban J connectivity index is 2.27. The van der Waals surface area contributed by atoms with E-state index in [2.05, 4.69) is 0 Å². The van der Waals surface area contributed by atoms with Gasteiger partial charge in [-0.05, 0) is 43.9 Å². The smallest absolute Gasteiger partial charge is 0.342 e. The molecule has 0 spiro atoms. The molecule has 0 amide bonds. The second kappa shape index (κ2) is 6.42. The van der Waals surface area contributed by atoms with E-state index >= 15 is 0 Å². The van der Waals surface area contributed by atoms with Crippen LogP contribution in [0.5, 0.6) is 0 Å². The molecule has 0 aromatic heterocycles. The molecule has 0 atom stereocenters. The van der Waals surface area contributed by atoms with E-state index < -0.39 is 5.97 Å². The molecule has 1 fully saturated rings. The summed E-state index contributed by atoms with van der Waals surface area (Å²) < 4.78 is 5.25.